The van der Waals surface area contributed by atoms with Crippen LogP contribution in [0.25, 0.3) is 0 Å². The van der Waals surface area contributed by atoms with Crippen LogP contribution in [0, 0.1) is 0 Å². The molecule has 0 heteroatoms. The lowest BCUT2D eigenvalue weighted by atomic mass is 10.1. The lowest BCUT2D eigenvalue weighted by molar-refractivity contribution is 1.50. The van der Waals surface area contributed by atoms with E-state index >= 15 is 0 Å². The molecule has 0 aromatic rings. The number of hydrogen-bond acceptors (Lipinski definition) is 0. The smallest absolute Gasteiger partial charge is 0.0194 e. The highest BCUT2D eigenvalue weighted by Gasteiger charge is 1.92. The summed E-state index contributed by atoms with van der Waals surface area (Å²) in [6.07, 6.45) is 11.7. The molecule has 0 aromatic carbocycles. The molecule has 0 rings (SSSR count). The van der Waals surface area contributed by atoms with Gasteiger partial charge in [-0.3, -0.25) is 0 Å². The second-order valence-electron chi connectivity index (χ2n) is 2.30. The van der Waals surface area contributed by atoms with Crippen molar-refractivity contribution in [1.82, 2.24) is 0 Å². The van der Waals surface area contributed by atoms with Crippen LogP contribution in [0.1, 0.15) is 27.7 Å². The number of hydrogen-bond donors (Lipinski definition) is 0. The van der Waals surface area contributed by atoms with E-state index in [-0.39, 0.29) is 0 Å². The molecule has 0 saturated heterocycles. The molecule has 0 heterocycles. The van der Waals surface area contributed by atoms with Gasteiger partial charge in [-0.05, 0) is 25.0 Å². The van der Waals surface area contributed by atoms with Crippen LogP contribution < -0.4 is 0 Å². The Kier molecular flexibility index (Phi) is 12.7. The molecular formula is C14H22. The molecule has 0 radical (unpaired) electrons. The predicted molar refractivity (Wildman–Crippen MR) is 68.4 cm³/mol. The van der Waals surface area contributed by atoms with Crippen molar-refractivity contribution in [1.29, 1.82) is 0 Å². The average Bonchev–Trinajstić information content (AvgIpc) is 2.27. The van der Waals surface area contributed by atoms with Gasteiger partial charge in [0.2, 0.25) is 0 Å². The molecule has 0 spiro atoms. The minimum atomic E-state index is 1.10. The highest BCUT2D eigenvalue weighted by atomic mass is 14.0. The molecule has 0 fully saturated rings. The quantitative estimate of drug-likeness (QED) is 0.557. The fraction of sp³-hybridized carbons (Fsp3) is 0.286. The molecule has 0 aromatic heterocycles. The Morgan fingerprint density at radius 3 is 1.71 bits per heavy atom. The van der Waals surface area contributed by atoms with E-state index in [4.69, 9.17) is 0 Å². The summed E-state index contributed by atoms with van der Waals surface area (Å²) in [4.78, 5) is 0. The second-order valence-corrected chi connectivity index (χ2v) is 2.30. The highest BCUT2D eigenvalue weighted by molar-refractivity contribution is 5.46. The summed E-state index contributed by atoms with van der Waals surface area (Å²) in [6, 6.07) is 0. The molecule has 78 valence electrons. The normalized spacial score (nSPS) is 12.0. The first-order valence-corrected chi connectivity index (χ1v) is 5.04. The van der Waals surface area contributed by atoms with Gasteiger partial charge in [0.15, 0.2) is 0 Å². The molecule has 0 aliphatic rings. The molecule has 0 amide bonds. The first kappa shape index (κ1) is 15.2. The van der Waals surface area contributed by atoms with E-state index in [1.54, 1.807) is 0 Å². The van der Waals surface area contributed by atoms with Gasteiger partial charge in [-0.2, -0.15) is 0 Å². The van der Waals surface area contributed by atoms with Crippen LogP contribution in [0.3, 0.4) is 0 Å². The molecule has 0 N–H and O–H groups in total. The lowest BCUT2D eigenvalue weighted by Crippen LogP contribution is -1.80. The fourth-order valence-corrected chi connectivity index (χ4v) is 0.884. The van der Waals surface area contributed by atoms with Gasteiger partial charge in [0.25, 0.3) is 0 Å². The van der Waals surface area contributed by atoms with Crippen LogP contribution in [0.4, 0.5) is 0 Å². The van der Waals surface area contributed by atoms with E-state index in [1.165, 1.54) is 0 Å². The van der Waals surface area contributed by atoms with Gasteiger partial charge in [-0.25, -0.2) is 0 Å². The van der Waals surface area contributed by atoms with Crippen molar-refractivity contribution in [3.8, 4) is 0 Å². The molecule has 0 nitrogen and oxygen atoms in total. The highest BCUT2D eigenvalue weighted by Crippen LogP contribution is 2.11. The first-order chi connectivity index (χ1) is 6.79. The topological polar surface area (TPSA) is 0 Å². The van der Waals surface area contributed by atoms with Gasteiger partial charge in [0.05, 0.1) is 0 Å². The van der Waals surface area contributed by atoms with Crippen molar-refractivity contribution >= 4 is 0 Å². The molecule has 14 heavy (non-hydrogen) atoms. The Morgan fingerprint density at radius 1 is 0.929 bits per heavy atom. The SMILES string of the molecule is C=CC(=C/C)/C(C=C)=C\C=C/C.CC. The largest absolute Gasteiger partial charge is 0.0985 e. The lowest BCUT2D eigenvalue weighted by Gasteiger charge is -1.99. The maximum absolute atomic E-state index is 3.74. The third-order valence-electron chi connectivity index (χ3n) is 1.55. The van der Waals surface area contributed by atoms with Crippen LogP contribution in [0.2, 0.25) is 0 Å². The van der Waals surface area contributed by atoms with Crippen LogP contribution in [-0.2, 0) is 0 Å². The van der Waals surface area contributed by atoms with Gasteiger partial charge in [-0.1, -0.05) is 63.5 Å². The Hall–Kier alpha value is -1.30. The Morgan fingerprint density at radius 2 is 1.43 bits per heavy atom. The van der Waals surface area contributed by atoms with Gasteiger partial charge >= 0.3 is 0 Å². The molecule has 0 bridgehead atoms. The monoisotopic (exact) mass is 190 g/mol. The van der Waals surface area contributed by atoms with Crippen molar-refractivity contribution in [2.45, 2.75) is 27.7 Å². The third-order valence-corrected chi connectivity index (χ3v) is 1.55. The Labute approximate surface area is 89.0 Å². The van der Waals surface area contributed by atoms with Crippen molar-refractivity contribution in [2.75, 3.05) is 0 Å². The number of allylic oxidation sites excluding steroid dienone is 8. The van der Waals surface area contributed by atoms with Gasteiger partial charge < -0.3 is 0 Å². The average molecular weight is 190 g/mol. The van der Waals surface area contributed by atoms with Crippen LogP contribution in [0.15, 0.2) is 60.8 Å². The van der Waals surface area contributed by atoms with Crippen molar-refractivity contribution in [2.24, 2.45) is 0 Å². The maximum Gasteiger partial charge on any atom is -0.0194 e. The van der Waals surface area contributed by atoms with E-state index in [9.17, 15) is 0 Å². The van der Waals surface area contributed by atoms with E-state index in [2.05, 4.69) is 13.2 Å². The first-order valence-electron chi connectivity index (χ1n) is 5.04. The minimum Gasteiger partial charge on any atom is -0.0985 e. The zero-order chi connectivity index (χ0) is 11.4. The van der Waals surface area contributed by atoms with E-state index in [0.29, 0.717) is 0 Å². The van der Waals surface area contributed by atoms with Crippen LogP contribution in [0.5, 0.6) is 0 Å². The third kappa shape index (κ3) is 6.24. The zero-order valence-electron chi connectivity index (χ0n) is 9.88. The van der Waals surface area contributed by atoms with Crippen molar-refractivity contribution in [3.05, 3.63) is 60.8 Å². The Bertz CT molecular complexity index is 237. The second kappa shape index (κ2) is 11.7. The van der Waals surface area contributed by atoms with Crippen LogP contribution >= 0.6 is 0 Å². The standard InChI is InChI=1S/C12H16.C2H6/c1-5-9-10-12(8-4)11(6-2)7-3;1-2/h5-10H,2,4H2,1,3H3;1-2H3/b9-5-,11-7-,12-10-;. The zero-order valence-corrected chi connectivity index (χ0v) is 9.88. The summed E-state index contributed by atoms with van der Waals surface area (Å²) < 4.78 is 0. The molecule has 0 atom stereocenters. The summed E-state index contributed by atoms with van der Waals surface area (Å²) in [5.74, 6) is 0. The predicted octanol–water partition coefficient (Wildman–Crippen LogP) is 4.83. The summed E-state index contributed by atoms with van der Waals surface area (Å²) in [5, 5.41) is 0. The molecule has 0 saturated carbocycles. The van der Waals surface area contributed by atoms with E-state index < -0.39 is 0 Å². The fourth-order valence-electron chi connectivity index (χ4n) is 0.884. The molecule has 0 unspecified atom stereocenters. The van der Waals surface area contributed by atoms with E-state index in [0.717, 1.165) is 11.1 Å². The minimum absolute atomic E-state index is 1.10. The molecular weight excluding hydrogens is 168 g/mol. The van der Waals surface area contributed by atoms with Gasteiger partial charge in [-0.15, -0.1) is 0 Å². The number of rotatable bonds is 4. The van der Waals surface area contributed by atoms with Crippen molar-refractivity contribution < 1.29 is 0 Å². The van der Waals surface area contributed by atoms with E-state index in [1.807, 2.05) is 64.2 Å². The molecule has 0 aliphatic heterocycles. The van der Waals surface area contributed by atoms with Gasteiger partial charge in [0, 0.05) is 0 Å². The summed E-state index contributed by atoms with van der Waals surface area (Å²) >= 11 is 0. The maximum atomic E-state index is 3.74. The summed E-state index contributed by atoms with van der Waals surface area (Å²) in [6.45, 7) is 15.4. The summed E-state index contributed by atoms with van der Waals surface area (Å²) in [7, 11) is 0. The molecule has 0 aliphatic carbocycles. The van der Waals surface area contributed by atoms with Crippen molar-refractivity contribution in [3.63, 3.8) is 0 Å². The van der Waals surface area contributed by atoms with Crippen LogP contribution in [-0.4, -0.2) is 0 Å². The van der Waals surface area contributed by atoms with Gasteiger partial charge in [0.1, 0.15) is 0 Å². The Balaban J connectivity index is 0. The summed E-state index contributed by atoms with van der Waals surface area (Å²) in [5.41, 5.74) is 2.22.